The molecule has 0 aromatic rings. The van der Waals surface area contributed by atoms with Gasteiger partial charge in [0.2, 0.25) is 47.3 Å². The number of methoxy groups -OCH3 is 1. The van der Waals surface area contributed by atoms with Crippen LogP contribution in [0.4, 0.5) is 0 Å². The lowest BCUT2D eigenvalue weighted by Crippen LogP contribution is -2.64. The largest absolute Gasteiger partial charge is 0.394 e. The van der Waals surface area contributed by atoms with Gasteiger partial charge in [0.15, 0.2) is 12.6 Å². The number of aliphatic hydroxyl groups is 6. The summed E-state index contributed by atoms with van der Waals surface area (Å²) < 4.78 is 49.5. The molecule has 31 nitrogen and oxygen atoms in total. The smallest absolute Gasteiger partial charge is 0.222 e. The molecule has 2 heterocycles. The van der Waals surface area contributed by atoms with Crippen LogP contribution in [0.1, 0.15) is 129 Å². The molecule has 0 radical (unpaired) electrons. The lowest BCUT2D eigenvalue weighted by atomic mass is 9.97. The molecule has 516 valence electrons. The van der Waals surface area contributed by atoms with Crippen molar-refractivity contribution >= 4 is 47.3 Å². The Morgan fingerprint density at radius 2 is 0.798 bits per heavy atom. The van der Waals surface area contributed by atoms with Gasteiger partial charge < -0.3 is 116 Å². The van der Waals surface area contributed by atoms with Crippen molar-refractivity contribution in [2.45, 2.75) is 197 Å². The van der Waals surface area contributed by atoms with Gasteiger partial charge in [-0.05, 0) is 64.2 Å². The summed E-state index contributed by atoms with van der Waals surface area (Å²) in [7, 11) is 1.66. The number of carbonyl (C=O) groups is 8. The first-order valence-corrected chi connectivity index (χ1v) is 31.4. The molecular weight excluding hydrogens is 1180 g/mol. The molecule has 14 N–H and O–H groups in total. The number of ether oxygens (including phenoxy) is 9. The number of hydrogen-bond donors (Lipinski definition) is 14. The molecule has 2 rings (SSSR count). The molecule has 0 aliphatic carbocycles. The maximum Gasteiger partial charge on any atom is 0.222 e. The Balaban J connectivity index is 1.52. The second kappa shape index (κ2) is 50.8. The van der Waals surface area contributed by atoms with E-state index >= 15 is 0 Å². The monoisotopic (exact) mass is 1280 g/mol. The summed E-state index contributed by atoms with van der Waals surface area (Å²) in [4.78, 5) is 98.4. The molecular formula is C58H106N8O23. The van der Waals surface area contributed by atoms with E-state index in [0.29, 0.717) is 71.1 Å². The molecule has 0 spiro atoms. The Morgan fingerprint density at radius 3 is 1.26 bits per heavy atom. The Hall–Kier alpha value is -4.84. The molecule has 89 heavy (non-hydrogen) atoms. The highest BCUT2D eigenvalue weighted by molar-refractivity contribution is 5.80. The normalized spacial score (nSPS) is 21.9. The lowest BCUT2D eigenvalue weighted by Gasteiger charge is -2.42. The highest BCUT2D eigenvalue weighted by Gasteiger charge is 2.46. The van der Waals surface area contributed by atoms with Crippen LogP contribution in [0.15, 0.2) is 0 Å². The van der Waals surface area contributed by atoms with Crippen LogP contribution in [-0.4, -0.2) is 271 Å². The van der Waals surface area contributed by atoms with Crippen LogP contribution in [0.5, 0.6) is 0 Å². The van der Waals surface area contributed by atoms with Crippen LogP contribution < -0.4 is 42.5 Å². The van der Waals surface area contributed by atoms with Crippen LogP contribution in [0.25, 0.3) is 0 Å². The summed E-state index contributed by atoms with van der Waals surface area (Å²) in [5, 5.41) is 82.0. The molecule has 0 saturated carbocycles. The van der Waals surface area contributed by atoms with Crippen molar-refractivity contribution in [2.24, 2.45) is 0 Å². The number of aliphatic hydroxyl groups excluding tert-OH is 6. The average Bonchev–Trinajstić information content (AvgIpc) is 2.41. The number of rotatable bonds is 53. The van der Waals surface area contributed by atoms with Gasteiger partial charge in [0.1, 0.15) is 48.7 Å². The molecule has 2 aliphatic rings. The average molecular weight is 1280 g/mol. The van der Waals surface area contributed by atoms with E-state index in [0.717, 1.165) is 25.7 Å². The van der Waals surface area contributed by atoms with E-state index < -0.39 is 92.4 Å². The molecule has 0 aromatic carbocycles. The third-order valence-corrected chi connectivity index (χ3v) is 14.1. The van der Waals surface area contributed by atoms with E-state index in [1.165, 1.54) is 13.8 Å². The molecule has 0 aromatic heterocycles. The van der Waals surface area contributed by atoms with Crippen LogP contribution >= 0.6 is 0 Å². The highest BCUT2D eigenvalue weighted by atomic mass is 16.7. The first-order valence-electron chi connectivity index (χ1n) is 31.4. The molecule has 2 aliphatic heterocycles. The van der Waals surface area contributed by atoms with Gasteiger partial charge >= 0.3 is 0 Å². The van der Waals surface area contributed by atoms with Gasteiger partial charge in [-0.2, -0.15) is 0 Å². The van der Waals surface area contributed by atoms with Gasteiger partial charge in [-0.25, -0.2) is 0 Å². The van der Waals surface area contributed by atoms with E-state index in [1.807, 2.05) is 0 Å². The maximum absolute atomic E-state index is 13.0. The zero-order valence-corrected chi connectivity index (χ0v) is 52.4. The SMILES string of the molecule is COCCCCCCNC(=O)C[C@H](CCCCNC(=O)CCOCCOCCNC(=O)CCCCO[C@@H]1OC(CO)[C@@H](O)[C@H](O)C1NC(C)=O)NC(=O)CCCNC(=O)CCOCCOCCNC(=O)CCCCO[C@@H]1OC(CO)[C@@H](O)[C@H](O)C1NC(C)=O. The van der Waals surface area contributed by atoms with E-state index in [9.17, 15) is 69.0 Å². The van der Waals surface area contributed by atoms with Crippen LogP contribution in [0, 0.1) is 0 Å². The predicted octanol–water partition coefficient (Wildman–Crippen LogP) is -3.29. The highest BCUT2D eigenvalue weighted by Crippen LogP contribution is 2.24. The Labute approximate surface area is 522 Å². The van der Waals surface area contributed by atoms with Gasteiger partial charge in [-0.3, -0.25) is 38.4 Å². The van der Waals surface area contributed by atoms with Crippen LogP contribution in [0.2, 0.25) is 0 Å². The van der Waals surface area contributed by atoms with Crippen molar-refractivity contribution in [3.05, 3.63) is 0 Å². The van der Waals surface area contributed by atoms with Crippen molar-refractivity contribution < 1.29 is 112 Å². The van der Waals surface area contributed by atoms with Gasteiger partial charge in [0.25, 0.3) is 0 Å². The topological polar surface area (TPSA) is 437 Å². The second-order valence-corrected chi connectivity index (χ2v) is 21.7. The number of carbonyl (C=O) groups excluding carboxylic acids is 8. The van der Waals surface area contributed by atoms with Gasteiger partial charge in [-0.1, -0.05) is 12.8 Å². The van der Waals surface area contributed by atoms with E-state index in [-0.39, 0.29) is 160 Å². The third-order valence-electron chi connectivity index (χ3n) is 14.1. The molecule has 2 saturated heterocycles. The quantitative estimate of drug-likeness (QED) is 0.0265. The van der Waals surface area contributed by atoms with Gasteiger partial charge in [-0.15, -0.1) is 0 Å². The van der Waals surface area contributed by atoms with Crippen molar-refractivity contribution in [3.8, 4) is 0 Å². The fourth-order valence-corrected chi connectivity index (χ4v) is 9.25. The number of hydrogen-bond acceptors (Lipinski definition) is 23. The standard InChI is InChI=1S/C58H106N8O23/c1-40(69)64-51-55(79)53(77)43(38-67)88-57(51)86-27-12-7-16-45(71)62-24-31-84-35-33-82-29-19-47(73)59-22-10-6-15-42(37-50(76)61-21-9-4-5-11-26-81-3)66-49(75)18-14-23-60-48(74)20-30-83-34-36-85-32-25-63-46(72)17-8-13-28-87-58-52(65-41(2)70)56(80)54(78)44(39-68)89-58/h42-44,51-58,67-68,77-80H,4-39H2,1-3H3,(H,59,73)(H,60,74)(H,61,76)(H,62,71)(H,63,72)(H,64,69)(H,65,70)(H,66,75)/t42-,43?,44?,51?,52?,53+,54+,55+,56+,57+,58+/m0/s1. The predicted molar refractivity (Wildman–Crippen MR) is 318 cm³/mol. The van der Waals surface area contributed by atoms with Crippen LogP contribution in [0.3, 0.4) is 0 Å². The van der Waals surface area contributed by atoms with Crippen LogP contribution in [-0.2, 0) is 81.0 Å². The lowest BCUT2D eigenvalue weighted by molar-refractivity contribution is -0.270. The maximum atomic E-state index is 13.0. The van der Waals surface area contributed by atoms with E-state index in [1.54, 1.807) is 7.11 Å². The first-order chi connectivity index (χ1) is 42.9. The summed E-state index contributed by atoms with van der Waals surface area (Å²) in [5.74, 6) is -2.13. The molecule has 2 fully saturated rings. The summed E-state index contributed by atoms with van der Waals surface area (Å²) in [5.41, 5.74) is 0. The summed E-state index contributed by atoms with van der Waals surface area (Å²) in [6, 6.07) is -2.50. The number of nitrogens with one attached hydrogen (secondary N) is 8. The summed E-state index contributed by atoms with van der Waals surface area (Å²) in [6.45, 7) is 5.98. The number of amides is 8. The van der Waals surface area contributed by atoms with E-state index in [4.69, 9.17) is 42.6 Å². The Kier molecular flexibility index (Phi) is 45.8. The Bertz CT molecular complexity index is 1970. The third kappa shape index (κ3) is 38.6. The summed E-state index contributed by atoms with van der Waals surface area (Å²) in [6.07, 6.45) is -1.31. The van der Waals surface area contributed by atoms with Crippen molar-refractivity contribution in [2.75, 3.05) is 126 Å². The minimum absolute atomic E-state index is 0.0994. The first kappa shape index (κ1) is 80.3. The Morgan fingerprint density at radius 1 is 0.404 bits per heavy atom. The molecule has 4 unspecified atom stereocenters. The molecule has 31 heteroatoms. The van der Waals surface area contributed by atoms with Crippen molar-refractivity contribution in [1.29, 1.82) is 0 Å². The summed E-state index contributed by atoms with van der Waals surface area (Å²) >= 11 is 0. The minimum atomic E-state index is -1.41. The minimum Gasteiger partial charge on any atom is -0.394 e. The molecule has 8 amide bonds. The fraction of sp³-hybridized carbons (Fsp3) is 0.862. The zero-order chi connectivity index (χ0) is 65.4. The van der Waals surface area contributed by atoms with Crippen molar-refractivity contribution in [1.82, 2.24) is 42.5 Å². The fourth-order valence-electron chi connectivity index (χ4n) is 9.25. The second-order valence-electron chi connectivity index (χ2n) is 21.7. The van der Waals surface area contributed by atoms with Gasteiger partial charge in [0.05, 0.1) is 66.1 Å². The zero-order valence-electron chi connectivity index (χ0n) is 52.4. The van der Waals surface area contributed by atoms with Crippen molar-refractivity contribution in [3.63, 3.8) is 0 Å². The van der Waals surface area contributed by atoms with E-state index in [2.05, 4.69) is 42.5 Å². The molecule has 11 atom stereocenters. The number of unbranched alkanes of at least 4 members (excludes halogenated alkanes) is 6. The van der Waals surface area contributed by atoms with Gasteiger partial charge in [0, 0.05) is 118 Å². The molecule has 0 bridgehead atoms.